The van der Waals surface area contributed by atoms with E-state index in [9.17, 15) is 18.0 Å². The number of para-hydroxylation sites is 1. The maximum Gasteiger partial charge on any atom is 0.244 e. The Morgan fingerprint density at radius 2 is 1.84 bits per heavy atom. The number of benzene rings is 2. The summed E-state index contributed by atoms with van der Waals surface area (Å²) in [5.74, 6) is -0.820. The third kappa shape index (κ3) is 7.21. The maximum atomic E-state index is 13.4. The molecule has 1 N–H and O–H groups in total. The van der Waals surface area contributed by atoms with Gasteiger partial charge in [0.1, 0.15) is 12.6 Å². The fourth-order valence-electron chi connectivity index (χ4n) is 3.06. The summed E-state index contributed by atoms with van der Waals surface area (Å²) in [7, 11) is -3.77. The van der Waals surface area contributed by atoms with Crippen molar-refractivity contribution in [3.8, 4) is 0 Å². The van der Waals surface area contributed by atoms with Crippen LogP contribution in [0.5, 0.6) is 0 Å². The van der Waals surface area contributed by atoms with Crippen molar-refractivity contribution >= 4 is 55.1 Å². The van der Waals surface area contributed by atoms with Crippen molar-refractivity contribution in [1.82, 2.24) is 10.2 Å². The lowest BCUT2D eigenvalue weighted by atomic mass is 10.1. The average molecular weight is 545 g/mol. The van der Waals surface area contributed by atoms with Gasteiger partial charge in [0.2, 0.25) is 21.8 Å². The van der Waals surface area contributed by atoms with Crippen LogP contribution >= 0.6 is 27.5 Å². The molecule has 0 spiro atoms. The van der Waals surface area contributed by atoms with E-state index in [2.05, 4.69) is 21.2 Å². The lowest BCUT2D eigenvalue weighted by Gasteiger charge is -2.31. The molecule has 174 valence electrons. The Hall–Kier alpha value is -2.10. The minimum Gasteiger partial charge on any atom is -0.354 e. The fraction of sp³-hybridized carbons (Fsp3) is 0.364. The van der Waals surface area contributed by atoms with Gasteiger partial charge in [-0.25, -0.2) is 8.42 Å². The summed E-state index contributed by atoms with van der Waals surface area (Å²) in [6.07, 6.45) is 1.79. The molecule has 0 aromatic heterocycles. The number of amides is 2. The Morgan fingerprint density at radius 1 is 1.16 bits per heavy atom. The van der Waals surface area contributed by atoms with Crippen LogP contribution in [-0.4, -0.2) is 50.5 Å². The normalized spacial score (nSPS) is 12.2. The molecule has 1 atom stereocenters. The molecular weight excluding hydrogens is 518 g/mol. The van der Waals surface area contributed by atoms with E-state index >= 15 is 0 Å². The van der Waals surface area contributed by atoms with E-state index in [1.54, 1.807) is 55.5 Å². The average Bonchev–Trinajstić information content (AvgIpc) is 2.73. The molecule has 1 unspecified atom stereocenters. The van der Waals surface area contributed by atoms with Crippen molar-refractivity contribution in [2.45, 2.75) is 32.9 Å². The first-order valence-corrected chi connectivity index (χ1v) is 13.1. The third-order valence-electron chi connectivity index (χ3n) is 4.76. The second kappa shape index (κ2) is 11.7. The molecule has 0 aliphatic carbocycles. The number of nitrogens with one attached hydrogen (secondary N) is 1. The molecule has 2 amide bonds. The Morgan fingerprint density at radius 3 is 2.44 bits per heavy atom. The first kappa shape index (κ1) is 26.2. The van der Waals surface area contributed by atoms with Crippen LogP contribution < -0.4 is 9.62 Å². The van der Waals surface area contributed by atoms with Gasteiger partial charge in [0, 0.05) is 22.6 Å². The summed E-state index contributed by atoms with van der Waals surface area (Å²) in [6.45, 7) is 3.69. The molecule has 0 radical (unpaired) electrons. The largest absolute Gasteiger partial charge is 0.354 e. The van der Waals surface area contributed by atoms with Gasteiger partial charge in [0.05, 0.1) is 11.9 Å². The highest BCUT2D eigenvalue weighted by Gasteiger charge is 2.30. The van der Waals surface area contributed by atoms with Gasteiger partial charge >= 0.3 is 0 Å². The van der Waals surface area contributed by atoms with E-state index in [1.807, 2.05) is 6.92 Å². The molecule has 0 aliphatic heterocycles. The summed E-state index contributed by atoms with van der Waals surface area (Å²) in [5.41, 5.74) is 1.07. The number of rotatable bonds is 10. The Balaban J connectivity index is 2.38. The zero-order valence-corrected chi connectivity index (χ0v) is 21.4. The van der Waals surface area contributed by atoms with E-state index in [0.29, 0.717) is 21.7 Å². The van der Waals surface area contributed by atoms with Crippen molar-refractivity contribution in [3.63, 3.8) is 0 Å². The summed E-state index contributed by atoms with van der Waals surface area (Å²) in [6, 6.07) is 12.9. The predicted molar refractivity (Wildman–Crippen MR) is 131 cm³/mol. The van der Waals surface area contributed by atoms with Crippen LogP contribution in [0.2, 0.25) is 5.02 Å². The molecule has 0 fully saturated rings. The Kier molecular flexibility index (Phi) is 9.54. The Labute approximate surface area is 202 Å². The number of carbonyl (C=O) groups excluding carboxylic acids is 2. The number of sulfonamides is 1. The van der Waals surface area contributed by atoms with Crippen molar-refractivity contribution in [2.75, 3.05) is 23.7 Å². The third-order valence-corrected chi connectivity index (χ3v) is 6.79. The van der Waals surface area contributed by atoms with Gasteiger partial charge < -0.3 is 10.2 Å². The summed E-state index contributed by atoms with van der Waals surface area (Å²) >= 11 is 9.43. The highest BCUT2D eigenvalue weighted by atomic mass is 79.9. The van der Waals surface area contributed by atoms with Crippen molar-refractivity contribution in [3.05, 3.63) is 63.6 Å². The second-order valence-corrected chi connectivity index (χ2v) is 10.5. The van der Waals surface area contributed by atoms with Gasteiger partial charge in [0.25, 0.3) is 0 Å². The van der Waals surface area contributed by atoms with Crippen LogP contribution in [0, 0.1) is 0 Å². The number of hydrogen-bond donors (Lipinski definition) is 1. The van der Waals surface area contributed by atoms with Gasteiger partial charge in [0.15, 0.2) is 0 Å². The van der Waals surface area contributed by atoms with E-state index in [4.69, 9.17) is 11.6 Å². The molecule has 0 saturated carbocycles. The molecule has 10 heteroatoms. The van der Waals surface area contributed by atoms with Crippen LogP contribution in [-0.2, 0) is 26.2 Å². The van der Waals surface area contributed by atoms with Gasteiger partial charge in [-0.15, -0.1) is 0 Å². The number of nitrogens with zero attached hydrogens (tertiary/aromatic N) is 2. The molecule has 2 rings (SSSR count). The van der Waals surface area contributed by atoms with E-state index < -0.39 is 28.5 Å². The van der Waals surface area contributed by atoms with Crippen molar-refractivity contribution in [2.24, 2.45) is 0 Å². The maximum absolute atomic E-state index is 13.4. The molecule has 7 nitrogen and oxygen atoms in total. The first-order valence-electron chi connectivity index (χ1n) is 10.1. The minimum atomic E-state index is -3.77. The molecule has 0 bridgehead atoms. The van der Waals surface area contributed by atoms with Crippen LogP contribution in [0.15, 0.2) is 53.0 Å². The lowest BCUT2D eigenvalue weighted by Crippen LogP contribution is -2.51. The number of hydrogen-bond acceptors (Lipinski definition) is 4. The molecule has 0 saturated heterocycles. The zero-order valence-electron chi connectivity index (χ0n) is 18.2. The fourth-order valence-corrected chi connectivity index (χ4v) is 4.75. The monoisotopic (exact) mass is 543 g/mol. The summed E-state index contributed by atoms with van der Waals surface area (Å²) in [5, 5.41) is 3.29. The van der Waals surface area contributed by atoms with Gasteiger partial charge in [-0.2, -0.15) is 0 Å². The quantitative estimate of drug-likeness (QED) is 0.493. The molecule has 0 aliphatic rings. The Bertz CT molecular complexity index is 1060. The number of carbonyl (C=O) groups is 2. The topological polar surface area (TPSA) is 86.8 Å². The second-order valence-electron chi connectivity index (χ2n) is 7.34. The standard InChI is InChI=1S/C22H27BrClN3O4S/c1-4-12-25-22(29)16(2)26(14-17-8-7-9-18(24)13-17)21(28)15-27(32(3,30)31)20-11-6-5-10-19(20)23/h5-11,13,16H,4,12,14-15H2,1-3H3,(H,25,29). The molecule has 2 aromatic carbocycles. The van der Waals surface area contributed by atoms with Crippen LogP contribution in [0.25, 0.3) is 0 Å². The number of anilines is 1. The van der Waals surface area contributed by atoms with Crippen molar-refractivity contribution in [1.29, 1.82) is 0 Å². The smallest absolute Gasteiger partial charge is 0.244 e. The molecular formula is C22H27BrClN3O4S. The van der Waals surface area contributed by atoms with Gasteiger partial charge in [-0.3, -0.25) is 13.9 Å². The summed E-state index contributed by atoms with van der Waals surface area (Å²) in [4.78, 5) is 27.4. The minimum absolute atomic E-state index is 0.105. The highest BCUT2D eigenvalue weighted by molar-refractivity contribution is 9.10. The van der Waals surface area contributed by atoms with Crippen LogP contribution in [0.1, 0.15) is 25.8 Å². The van der Waals surface area contributed by atoms with Crippen molar-refractivity contribution < 1.29 is 18.0 Å². The number of halogens is 2. The van der Waals surface area contributed by atoms with E-state index in [1.165, 1.54) is 4.90 Å². The van der Waals surface area contributed by atoms with E-state index in [-0.39, 0.29) is 12.5 Å². The highest BCUT2D eigenvalue weighted by Crippen LogP contribution is 2.28. The lowest BCUT2D eigenvalue weighted by molar-refractivity contribution is -0.139. The first-order chi connectivity index (χ1) is 15.0. The molecule has 2 aromatic rings. The van der Waals surface area contributed by atoms with Gasteiger partial charge in [-0.05, 0) is 59.1 Å². The van der Waals surface area contributed by atoms with Gasteiger partial charge in [-0.1, -0.05) is 42.8 Å². The predicted octanol–water partition coefficient (Wildman–Crippen LogP) is 3.81. The molecule has 0 heterocycles. The SMILES string of the molecule is CCCNC(=O)C(C)N(Cc1cccc(Cl)c1)C(=O)CN(c1ccccc1Br)S(C)(=O)=O. The summed E-state index contributed by atoms with van der Waals surface area (Å²) < 4.78 is 26.6. The molecule has 32 heavy (non-hydrogen) atoms. The zero-order chi connectivity index (χ0) is 23.9. The van der Waals surface area contributed by atoms with Crippen LogP contribution in [0.3, 0.4) is 0 Å². The van der Waals surface area contributed by atoms with E-state index in [0.717, 1.165) is 22.5 Å². The van der Waals surface area contributed by atoms with Crippen LogP contribution in [0.4, 0.5) is 5.69 Å².